The van der Waals surface area contributed by atoms with E-state index in [1.807, 2.05) is 12.3 Å². The molecule has 0 radical (unpaired) electrons. The molecule has 2 nitrogen and oxygen atoms in total. The predicted molar refractivity (Wildman–Crippen MR) is 69.5 cm³/mol. The normalized spacial score (nSPS) is 11.4. The lowest BCUT2D eigenvalue weighted by molar-refractivity contribution is 0.567. The molecule has 2 heteroatoms. The molecule has 1 rings (SSSR count). The monoisotopic (exact) mass is 218 g/mol. The molecule has 0 bridgehead atoms. The van der Waals surface area contributed by atoms with Crippen molar-refractivity contribution < 1.29 is 0 Å². The molecule has 1 aromatic rings. The van der Waals surface area contributed by atoms with Crippen LogP contribution in [-0.2, 0) is 12.0 Å². The summed E-state index contributed by atoms with van der Waals surface area (Å²) in [4.78, 5) is 4.49. The zero-order valence-electron chi connectivity index (χ0n) is 10.6. The first-order valence-corrected chi connectivity index (χ1v) is 5.81. The van der Waals surface area contributed by atoms with Crippen LogP contribution in [0.1, 0.15) is 38.4 Å². The van der Waals surface area contributed by atoms with Crippen LogP contribution in [0.15, 0.2) is 31.0 Å². The highest BCUT2D eigenvalue weighted by molar-refractivity contribution is 5.18. The van der Waals surface area contributed by atoms with E-state index >= 15 is 0 Å². The third-order valence-electron chi connectivity index (χ3n) is 2.45. The van der Waals surface area contributed by atoms with Crippen LogP contribution in [0, 0.1) is 0 Å². The van der Waals surface area contributed by atoms with E-state index in [4.69, 9.17) is 0 Å². The second-order valence-corrected chi connectivity index (χ2v) is 5.06. The van der Waals surface area contributed by atoms with Gasteiger partial charge in [0, 0.05) is 23.9 Å². The van der Waals surface area contributed by atoms with E-state index in [1.165, 1.54) is 5.56 Å². The molecule has 0 aliphatic heterocycles. The van der Waals surface area contributed by atoms with Crippen LogP contribution in [0.25, 0.3) is 0 Å². The van der Waals surface area contributed by atoms with Crippen molar-refractivity contribution in [2.45, 2.75) is 39.2 Å². The minimum Gasteiger partial charge on any atom is -0.312 e. The molecule has 1 heterocycles. The molecule has 1 N–H and O–H groups in total. The van der Waals surface area contributed by atoms with Crippen LogP contribution >= 0.6 is 0 Å². The average Bonchev–Trinajstić information content (AvgIpc) is 2.24. The second kappa shape index (κ2) is 5.80. The van der Waals surface area contributed by atoms with Crippen molar-refractivity contribution in [1.82, 2.24) is 10.3 Å². The van der Waals surface area contributed by atoms with Gasteiger partial charge in [-0.3, -0.25) is 4.98 Å². The summed E-state index contributed by atoms with van der Waals surface area (Å²) in [6.07, 6.45) is 4.89. The molecule has 88 valence electrons. The highest BCUT2D eigenvalue weighted by Crippen LogP contribution is 2.19. The summed E-state index contributed by atoms with van der Waals surface area (Å²) >= 11 is 0. The van der Waals surface area contributed by atoms with Crippen LogP contribution in [0.2, 0.25) is 0 Å². The number of hydrogen-bond donors (Lipinski definition) is 1. The summed E-state index contributed by atoms with van der Waals surface area (Å²) in [5.74, 6) is 0. The van der Waals surface area contributed by atoms with Crippen molar-refractivity contribution in [3.63, 3.8) is 0 Å². The number of aromatic nitrogens is 1. The summed E-state index contributed by atoms with van der Waals surface area (Å²) in [5, 5.41) is 3.35. The fraction of sp³-hybridized carbons (Fsp3) is 0.500. The van der Waals surface area contributed by atoms with Crippen LogP contribution in [0.4, 0.5) is 0 Å². The Morgan fingerprint density at radius 3 is 2.62 bits per heavy atom. The molecule has 0 saturated carbocycles. The largest absolute Gasteiger partial charge is 0.312 e. The Morgan fingerprint density at radius 2 is 2.12 bits per heavy atom. The third kappa shape index (κ3) is 4.15. The summed E-state index contributed by atoms with van der Waals surface area (Å²) in [5.41, 5.74) is 2.51. The molecule has 0 spiro atoms. The minimum atomic E-state index is 0.134. The van der Waals surface area contributed by atoms with Gasteiger partial charge in [-0.05, 0) is 24.6 Å². The topological polar surface area (TPSA) is 24.9 Å². The van der Waals surface area contributed by atoms with Gasteiger partial charge in [0.1, 0.15) is 0 Å². The Hall–Kier alpha value is -1.15. The van der Waals surface area contributed by atoms with Gasteiger partial charge in [0.2, 0.25) is 0 Å². The number of nitrogens with one attached hydrogen (secondary N) is 1. The maximum absolute atomic E-state index is 4.49. The molecule has 0 atom stereocenters. The van der Waals surface area contributed by atoms with Crippen molar-refractivity contribution in [3.8, 4) is 0 Å². The van der Waals surface area contributed by atoms with Crippen molar-refractivity contribution >= 4 is 0 Å². The Morgan fingerprint density at radius 1 is 1.38 bits per heavy atom. The minimum absolute atomic E-state index is 0.134. The number of rotatable bonds is 5. The molecule has 0 saturated heterocycles. The van der Waals surface area contributed by atoms with E-state index in [2.05, 4.69) is 49.8 Å². The van der Waals surface area contributed by atoms with Crippen molar-refractivity contribution in [2.24, 2.45) is 0 Å². The Labute approximate surface area is 98.8 Å². The number of pyridine rings is 1. The highest BCUT2D eigenvalue weighted by Gasteiger charge is 2.14. The molecule has 16 heavy (non-hydrogen) atoms. The first-order chi connectivity index (χ1) is 7.54. The first kappa shape index (κ1) is 12.9. The van der Waals surface area contributed by atoms with Gasteiger partial charge >= 0.3 is 0 Å². The summed E-state index contributed by atoms with van der Waals surface area (Å²) in [6.45, 7) is 12.1. The van der Waals surface area contributed by atoms with E-state index in [0.29, 0.717) is 0 Å². The molecule has 0 fully saturated rings. The van der Waals surface area contributed by atoms with Gasteiger partial charge in [-0.2, -0.15) is 0 Å². The molecule has 0 aliphatic carbocycles. The molecular formula is C14H22N2. The molecule has 0 unspecified atom stereocenters. The zero-order chi connectivity index (χ0) is 12.0. The smallest absolute Gasteiger partial charge is 0.0457 e. The van der Waals surface area contributed by atoms with Gasteiger partial charge in [-0.1, -0.05) is 32.9 Å². The third-order valence-corrected chi connectivity index (χ3v) is 2.45. The standard InChI is InChI=1S/C14H22N2/c1-5-6-9-15-10-12-7-8-13(16-11-12)14(2,3)4/h5,7-8,11,15H,1,6,9-10H2,2-4H3. The van der Waals surface area contributed by atoms with Crippen molar-refractivity contribution in [1.29, 1.82) is 0 Å². The first-order valence-electron chi connectivity index (χ1n) is 5.81. The number of hydrogen-bond acceptors (Lipinski definition) is 2. The van der Waals surface area contributed by atoms with E-state index in [-0.39, 0.29) is 5.41 Å². The lowest BCUT2D eigenvalue weighted by Crippen LogP contribution is -2.16. The van der Waals surface area contributed by atoms with Gasteiger partial charge < -0.3 is 5.32 Å². The van der Waals surface area contributed by atoms with Crippen LogP contribution in [0.5, 0.6) is 0 Å². The summed E-state index contributed by atoms with van der Waals surface area (Å²) in [6, 6.07) is 4.26. The molecule has 1 aromatic heterocycles. The van der Waals surface area contributed by atoms with Crippen LogP contribution in [-0.4, -0.2) is 11.5 Å². The SMILES string of the molecule is C=CCCNCc1ccc(C(C)(C)C)nc1. The van der Waals surface area contributed by atoms with E-state index in [1.54, 1.807) is 0 Å². The molecular weight excluding hydrogens is 196 g/mol. The second-order valence-electron chi connectivity index (χ2n) is 5.06. The van der Waals surface area contributed by atoms with E-state index in [9.17, 15) is 0 Å². The van der Waals surface area contributed by atoms with Crippen molar-refractivity contribution in [3.05, 3.63) is 42.2 Å². The zero-order valence-corrected chi connectivity index (χ0v) is 10.6. The van der Waals surface area contributed by atoms with Crippen LogP contribution in [0.3, 0.4) is 0 Å². The van der Waals surface area contributed by atoms with Gasteiger partial charge in [0.15, 0.2) is 0 Å². The summed E-state index contributed by atoms with van der Waals surface area (Å²) in [7, 11) is 0. The summed E-state index contributed by atoms with van der Waals surface area (Å²) < 4.78 is 0. The van der Waals surface area contributed by atoms with Gasteiger partial charge in [-0.25, -0.2) is 0 Å². The fourth-order valence-electron chi connectivity index (χ4n) is 1.41. The molecule has 0 aromatic carbocycles. The van der Waals surface area contributed by atoms with Crippen LogP contribution < -0.4 is 5.32 Å². The fourth-order valence-corrected chi connectivity index (χ4v) is 1.41. The van der Waals surface area contributed by atoms with Crippen molar-refractivity contribution in [2.75, 3.05) is 6.54 Å². The van der Waals surface area contributed by atoms with E-state index < -0.39 is 0 Å². The maximum atomic E-state index is 4.49. The molecule has 0 aliphatic rings. The maximum Gasteiger partial charge on any atom is 0.0457 e. The van der Waals surface area contributed by atoms with Gasteiger partial charge in [0.05, 0.1) is 0 Å². The average molecular weight is 218 g/mol. The Balaban J connectivity index is 2.48. The quantitative estimate of drug-likeness (QED) is 0.607. The Kier molecular flexibility index (Phi) is 4.69. The molecule has 0 amide bonds. The van der Waals surface area contributed by atoms with Gasteiger partial charge in [-0.15, -0.1) is 6.58 Å². The number of nitrogens with zero attached hydrogens (tertiary/aromatic N) is 1. The van der Waals surface area contributed by atoms with Gasteiger partial charge in [0.25, 0.3) is 0 Å². The predicted octanol–water partition coefficient (Wildman–Crippen LogP) is 3.04. The lowest BCUT2D eigenvalue weighted by Gasteiger charge is -2.17. The van der Waals surface area contributed by atoms with E-state index in [0.717, 1.165) is 25.2 Å². The lowest BCUT2D eigenvalue weighted by atomic mass is 9.91. The highest BCUT2D eigenvalue weighted by atomic mass is 14.8. The Bertz CT molecular complexity index is 320.